The highest BCUT2D eigenvalue weighted by molar-refractivity contribution is 7.89. The van der Waals surface area contributed by atoms with Gasteiger partial charge in [0, 0.05) is 25.8 Å². The molecule has 0 bridgehead atoms. The second-order valence-electron chi connectivity index (χ2n) is 6.24. The van der Waals surface area contributed by atoms with Gasteiger partial charge in [0.2, 0.25) is 10.0 Å². The van der Waals surface area contributed by atoms with Gasteiger partial charge < -0.3 is 9.88 Å². The minimum Gasteiger partial charge on any atom is -0.356 e. The van der Waals surface area contributed by atoms with Crippen molar-refractivity contribution in [2.75, 3.05) is 19.6 Å². The number of aromatic nitrogens is 1. The Hall–Kier alpha value is -2.12. The normalized spacial score (nSPS) is 14.8. The van der Waals surface area contributed by atoms with Gasteiger partial charge in [0.1, 0.15) is 10.6 Å². The first-order valence-corrected chi connectivity index (χ1v) is 10.1. The lowest BCUT2D eigenvalue weighted by molar-refractivity contribution is 0.0787. The van der Waals surface area contributed by atoms with E-state index in [2.05, 4.69) is 9.71 Å². The van der Waals surface area contributed by atoms with Crippen LogP contribution in [-0.2, 0) is 16.4 Å². The molecule has 0 spiro atoms. The molecule has 1 fully saturated rings. The van der Waals surface area contributed by atoms with Gasteiger partial charge in [-0.15, -0.1) is 0 Å². The monoisotopic (exact) mass is 361 g/mol. The fourth-order valence-corrected chi connectivity index (χ4v) is 4.04. The van der Waals surface area contributed by atoms with E-state index >= 15 is 0 Å². The Morgan fingerprint density at radius 1 is 1.16 bits per heavy atom. The summed E-state index contributed by atoms with van der Waals surface area (Å²) in [4.78, 5) is 16.9. The van der Waals surface area contributed by atoms with Crippen molar-refractivity contribution in [2.45, 2.75) is 30.6 Å². The largest absolute Gasteiger partial charge is 0.356 e. The van der Waals surface area contributed by atoms with Gasteiger partial charge in [-0.05, 0) is 37.3 Å². The first-order valence-electron chi connectivity index (χ1n) is 8.57. The molecule has 1 aliphatic rings. The zero-order chi connectivity index (χ0) is 17.7. The summed E-state index contributed by atoms with van der Waals surface area (Å²) in [5.74, 6) is -0.136. The predicted octanol–water partition coefficient (Wildman–Crippen LogP) is 2.16. The summed E-state index contributed by atoms with van der Waals surface area (Å²) in [6, 6.07) is 11.4. The number of hydrogen-bond donors (Lipinski definition) is 2. The van der Waals surface area contributed by atoms with Crippen LogP contribution < -0.4 is 4.72 Å². The molecule has 25 heavy (non-hydrogen) atoms. The highest BCUT2D eigenvalue weighted by Gasteiger charge is 2.23. The summed E-state index contributed by atoms with van der Waals surface area (Å²) in [6.07, 6.45) is 4.91. The molecule has 2 N–H and O–H groups in total. The quantitative estimate of drug-likeness (QED) is 0.742. The molecule has 0 unspecified atom stereocenters. The van der Waals surface area contributed by atoms with E-state index in [1.807, 2.05) is 30.3 Å². The number of aryl methyl sites for hydroxylation is 1. The SMILES string of the molecule is O=C(c1cc(S(=O)(=O)NCCCc2ccccc2)c[nH]1)N1CCCC1. The van der Waals surface area contributed by atoms with E-state index in [-0.39, 0.29) is 10.8 Å². The number of sulfonamides is 1. The van der Waals surface area contributed by atoms with Crippen molar-refractivity contribution in [1.29, 1.82) is 0 Å². The molecule has 2 aromatic rings. The molecule has 1 amide bonds. The molecule has 3 rings (SSSR count). The van der Waals surface area contributed by atoms with Gasteiger partial charge in [-0.1, -0.05) is 30.3 Å². The summed E-state index contributed by atoms with van der Waals surface area (Å²) < 4.78 is 27.3. The van der Waals surface area contributed by atoms with Crippen LogP contribution >= 0.6 is 0 Å². The number of nitrogens with one attached hydrogen (secondary N) is 2. The van der Waals surface area contributed by atoms with Crippen LogP contribution in [0, 0.1) is 0 Å². The van der Waals surface area contributed by atoms with Gasteiger partial charge in [-0.25, -0.2) is 13.1 Å². The third-order valence-electron chi connectivity index (χ3n) is 4.37. The Morgan fingerprint density at radius 3 is 2.60 bits per heavy atom. The first kappa shape index (κ1) is 17.7. The number of carbonyl (C=O) groups is 1. The van der Waals surface area contributed by atoms with E-state index in [9.17, 15) is 13.2 Å². The Balaban J connectivity index is 1.54. The van der Waals surface area contributed by atoms with Crippen LogP contribution in [-0.4, -0.2) is 43.8 Å². The molecule has 2 heterocycles. The van der Waals surface area contributed by atoms with Crippen molar-refractivity contribution >= 4 is 15.9 Å². The zero-order valence-electron chi connectivity index (χ0n) is 14.1. The maximum Gasteiger partial charge on any atom is 0.270 e. The van der Waals surface area contributed by atoms with Crippen molar-refractivity contribution < 1.29 is 13.2 Å². The fraction of sp³-hybridized carbons (Fsp3) is 0.389. The minimum atomic E-state index is -3.60. The Morgan fingerprint density at radius 2 is 1.88 bits per heavy atom. The fourth-order valence-electron chi connectivity index (χ4n) is 2.97. The van der Waals surface area contributed by atoms with Crippen LogP contribution in [0.1, 0.15) is 35.3 Å². The van der Waals surface area contributed by atoms with Crippen LogP contribution in [0.15, 0.2) is 47.5 Å². The number of aromatic amines is 1. The smallest absolute Gasteiger partial charge is 0.270 e. The Bertz CT molecular complexity index is 809. The molecule has 134 valence electrons. The van der Waals surface area contributed by atoms with E-state index in [1.54, 1.807) is 4.90 Å². The zero-order valence-corrected chi connectivity index (χ0v) is 14.9. The number of benzene rings is 1. The number of H-pyrrole nitrogens is 1. The number of carbonyl (C=O) groups excluding carboxylic acids is 1. The van der Waals surface area contributed by atoms with Crippen molar-refractivity contribution in [3.63, 3.8) is 0 Å². The van der Waals surface area contributed by atoms with E-state index < -0.39 is 10.0 Å². The molecule has 0 aliphatic carbocycles. The summed E-state index contributed by atoms with van der Waals surface area (Å²) in [7, 11) is -3.60. The van der Waals surface area contributed by atoms with Crippen molar-refractivity contribution in [3.05, 3.63) is 53.9 Å². The molecule has 0 radical (unpaired) electrons. The molecular formula is C18H23N3O3S. The summed E-state index contributed by atoms with van der Waals surface area (Å²) in [5, 5.41) is 0. The molecule has 1 saturated heterocycles. The van der Waals surface area contributed by atoms with E-state index in [1.165, 1.54) is 17.8 Å². The van der Waals surface area contributed by atoms with E-state index in [0.29, 0.717) is 18.7 Å². The van der Waals surface area contributed by atoms with Gasteiger partial charge in [-0.3, -0.25) is 4.79 Å². The van der Waals surface area contributed by atoms with Gasteiger partial charge in [0.05, 0.1) is 0 Å². The lowest BCUT2D eigenvalue weighted by Crippen LogP contribution is -2.28. The first-order chi connectivity index (χ1) is 12.1. The van der Waals surface area contributed by atoms with E-state index in [4.69, 9.17) is 0 Å². The average molecular weight is 361 g/mol. The molecule has 0 saturated carbocycles. The van der Waals surface area contributed by atoms with E-state index in [0.717, 1.165) is 32.4 Å². The van der Waals surface area contributed by atoms with Gasteiger partial charge in [0.15, 0.2) is 0 Å². The van der Waals surface area contributed by atoms with Crippen LogP contribution in [0.4, 0.5) is 0 Å². The summed E-state index contributed by atoms with van der Waals surface area (Å²) in [6.45, 7) is 1.83. The van der Waals surface area contributed by atoms with Gasteiger partial charge in [-0.2, -0.15) is 0 Å². The molecule has 7 heteroatoms. The van der Waals surface area contributed by atoms with Crippen LogP contribution in [0.25, 0.3) is 0 Å². The standard InChI is InChI=1S/C18H23N3O3S/c22-18(21-11-4-5-12-21)17-13-16(14-19-17)25(23,24)20-10-6-9-15-7-2-1-3-8-15/h1-3,7-8,13-14,19-20H,4-6,9-12H2. The number of amides is 1. The number of nitrogens with zero attached hydrogens (tertiary/aromatic N) is 1. The second kappa shape index (κ2) is 7.84. The highest BCUT2D eigenvalue weighted by Crippen LogP contribution is 2.16. The van der Waals surface area contributed by atoms with Gasteiger partial charge in [0.25, 0.3) is 5.91 Å². The molecule has 6 nitrogen and oxygen atoms in total. The van der Waals surface area contributed by atoms with Crippen molar-refractivity contribution in [2.24, 2.45) is 0 Å². The molecule has 1 aliphatic heterocycles. The lowest BCUT2D eigenvalue weighted by atomic mass is 10.1. The molecule has 1 aromatic heterocycles. The highest BCUT2D eigenvalue weighted by atomic mass is 32.2. The van der Waals surface area contributed by atoms with Crippen LogP contribution in [0.3, 0.4) is 0 Å². The number of likely N-dealkylation sites (tertiary alicyclic amines) is 1. The lowest BCUT2D eigenvalue weighted by Gasteiger charge is -2.13. The Kier molecular flexibility index (Phi) is 5.55. The third-order valence-corrected chi connectivity index (χ3v) is 5.81. The Labute approximate surface area is 148 Å². The summed E-state index contributed by atoms with van der Waals surface area (Å²) >= 11 is 0. The third kappa shape index (κ3) is 4.49. The van der Waals surface area contributed by atoms with Crippen molar-refractivity contribution in [1.82, 2.24) is 14.6 Å². The van der Waals surface area contributed by atoms with Gasteiger partial charge >= 0.3 is 0 Å². The molecular weight excluding hydrogens is 338 g/mol. The predicted molar refractivity (Wildman–Crippen MR) is 95.9 cm³/mol. The maximum absolute atomic E-state index is 12.3. The topological polar surface area (TPSA) is 82.3 Å². The van der Waals surface area contributed by atoms with Crippen LogP contribution in [0.2, 0.25) is 0 Å². The number of rotatable bonds is 7. The average Bonchev–Trinajstić information content (AvgIpc) is 3.31. The summed E-state index contributed by atoms with van der Waals surface area (Å²) in [5.41, 5.74) is 1.51. The van der Waals surface area contributed by atoms with Crippen molar-refractivity contribution in [3.8, 4) is 0 Å². The number of hydrogen-bond acceptors (Lipinski definition) is 3. The minimum absolute atomic E-state index is 0.106. The molecule has 0 atom stereocenters. The van der Waals surface area contributed by atoms with Crippen LogP contribution in [0.5, 0.6) is 0 Å². The second-order valence-corrected chi connectivity index (χ2v) is 8.00. The molecule has 1 aromatic carbocycles. The maximum atomic E-state index is 12.3.